The summed E-state index contributed by atoms with van der Waals surface area (Å²) in [5, 5.41) is 14.2. The number of aryl methyl sites for hydroxylation is 1. The minimum Gasteiger partial charge on any atom is -0.379 e. The zero-order chi connectivity index (χ0) is 15.2. The lowest BCUT2D eigenvalue weighted by atomic mass is 10.2. The number of H-pyrrole nitrogens is 1. The molecule has 1 aromatic carbocycles. The van der Waals surface area contributed by atoms with Crippen LogP contribution in [0.1, 0.15) is 31.3 Å². The van der Waals surface area contributed by atoms with Crippen LogP contribution in [0.4, 0.5) is 11.4 Å². The first-order valence-corrected chi connectivity index (χ1v) is 7.19. The van der Waals surface area contributed by atoms with E-state index in [1.54, 1.807) is 12.1 Å². The molecule has 112 valence electrons. The Morgan fingerprint density at radius 1 is 1.38 bits per heavy atom. The van der Waals surface area contributed by atoms with Crippen molar-refractivity contribution in [3.8, 4) is 0 Å². The SMILES string of the molecule is CCCCc1nc(Cl)c(CNc2ccc([N+](=O)[O-])cc2)[nH]1. The maximum absolute atomic E-state index is 10.6. The molecule has 1 aromatic heterocycles. The Bertz CT molecular complexity index is 610. The highest BCUT2D eigenvalue weighted by atomic mass is 35.5. The van der Waals surface area contributed by atoms with Gasteiger partial charge in [-0.3, -0.25) is 10.1 Å². The van der Waals surface area contributed by atoms with Crippen LogP contribution < -0.4 is 5.32 Å². The van der Waals surface area contributed by atoms with Crippen molar-refractivity contribution in [3.63, 3.8) is 0 Å². The second-order valence-corrected chi connectivity index (χ2v) is 5.07. The van der Waals surface area contributed by atoms with Crippen molar-refractivity contribution in [2.45, 2.75) is 32.7 Å². The molecule has 0 aliphatic carbocycles. The fraction of sp³-hybridized carbons (Fsp3) is 0.357. The summed E-state index contributed by atoms with van der Waals surface area (Å²) in [6, 6.07) is 6.26. The summed E-state index contributed by atoms with van der Waals surface area (Å²) in [5.41, 5.74) is 1.68. The number of nitrogens with one attached hydrogen (secondary N) is 2. The molecule has 2 aromatic rings. The molecule has 0 bridgehead atoms. The van der Waals surface area contributed by atoms with Gasteiger partial charge >= 0.3 is 0 Å². The summed E-state index contributed by atoms with van der Waals surface area (Å²) in [5.74, 6) is 0.891. The Morgan fingerprint density at radius 3 is 2.71 bits per heavy atom. The van der Waals surface area contributed by atoms with Gasteiger partial charge in [-0.2, -0.15) is 0 Å². The number of nitro benzene ring substituents is 1. The molecule has 0 aliphatic rings. The van der Waals surface area contributed by atoms with E-state index < -0.39 is 4.92 Å². The minimum atomic E-state index is -0.421. The lowest BCUT2D eigenvalue weighted by Crippen LogP contribution is -2.00. The number of anilines is 1. The first kappa shape index (κ1) is 15.3. The molecule has 1 heterocycles. The van der Waals surface area contributed by atoms with E-state index in [2.05, 4.69) is 22.2 Å². The molecule has 0 saturated carbocycles. The summed E-state index contributed by atoms with van der Waals surface area (Å²) < 4.78 is 0. The van der Waals surface area contributed by atoms with Crippen LogP contribution >= 0.6 is 11.6 Å². The molecular formula is C14H17ClN4O2. The third-order valence-electron chi connectivity index (χ3n) is 3.09. The summed E-state index contributed by atoms with van der Waals surface area (Å²) in [4.78, 5) is 17.6. The van der Waals surface area contributed by atoms with E-state index in [4.69, 9.17) is 11.6 Å². The minimum absolute atomic E-state index is 0.0713. The van der Waals surface area contributed by atoms with E-state index in [0.29, 0.717) is 11.7 Å². The van der Waals surface area contributed by atoms with Gasteiger partial charge in [0.15, 0.2) is 5.15 Å². The number of aromatic amines is 1. The highest BCUT2D eigenvalue weighted by Gasteiger charge is 2.08. The van der Waals surface area contributed by atoms with Crippen LogP contribution in [0.2, 0.25) is 5.15 Å². The van der Waals surface area contributed by atoms with Crippen molar-refractivity contribution in [1.82, 2.24) is 9.97 Å². The number of nitro groups is 1. The summed E-state index contributed by atoms with van der Waals surface area (Å²) >= 11 is 6.09. The molecule has 2 rings (SSSR count). The Balaban J connectivity index is 1.96. The van der Waals surface area contributed by atoms with Crippen molar-refractivity contribution in [1.29, 1.82) is 0 Å². The quantitative estimate of drug-likeness (QED) is 0.599. The molecule has 0 spiro atoms. The fourth-order valence-corrected chi connectivity index (χ4v) is 2.13. The fourth-order valence-electron chi connectivity index (χ4n) is 1.91. The third kappa shape index (κ3) is 4.19. The van der Waals surface area contributed by atoms with Crippen LogP contribution in [-0.2, 0) is 13.0 Å². The highest BCUT2D eigenvalue weighted by molar-refractivity contribution is 6.30. The van der Waals surface area contributed by atoms with E-state index in [-0.39, 0.29) is 5.69 Å². The van der Waals surface area contributed by atoms with Gasteiger partial charge in [-0.25, -0.2) is 4.98 Å². The topological polar surface area (TPSA) is 83.8 Å². The first-order chi connectivity index (χ1) is 10.1. The number of benzene rings is 1. The van der Waals surface area contributed by atoms with E-state index in [1.807, 2.05) is 0 Å². The van der Waals surface area contributed by atoms with Gasteiger partial charge in [-0.05, 0) is 18.6 Å². The van der Waals surface area contributed by atoms with Crippen molar-refractivity contribution < 1.29 is 4.92 Å². The summed E-state index contributed by atoms with van der Waals surface area (Å²) in [6.07, 6.45) is 3.06. The second kappa shape index (κ2) is 7.08. The summed E-state index contributed by atoms with van der Waals surface area (Å²) in [6.45, 7) is 2.62. The number of hydrogen-bond donors (Lipinski definition) is 2. The molecule has 7 heteroatoms. The van der Waals surface area contributed by atoms with E-state index in [0.717, 1.165) is 36.5 Å². The van der Waals surface area contributed by atoms with Gasteiger partial charge in [0.1, 0.15) is 5.82 Å². The van der Waals surface area contributed by atoms with Crippen LogP contribution in [0.25, 0.3) is 0 Å². The lowest BCUT2D eigenvalue weighted by molar-refractivity contribution is -0.384. The second-order valence-electron chi connectivity index (χ2n) is 4.71. The van der Waals surface area contributed by atoms with Gasteiger partial charge in [-0.15, -0.1) is 0 Å². The molecule has 0 radical (unpaired) electrons. The van der Waals surface area contributed by atoms with Crippen molar-refractivity contribution >= 4 is 23.0 Å². The maximum Gasteiger partial charge on any atom is 0.269 e. The predicted molar refractivity (Wildman–Crippen MR) is 82.6 cm³/mol. The van der Waals surface area contributed by atoms with Crippen molar-refractivity contribution in [3.05, 3.63) is 51.1 Å². The average molecular weight is 309 g/mol. The number of hydrogen-bond acceptors (Lipinski definition) is 4. The highest BCUT2D eigenvalue weighted by Crippen LogP contribution is 2.18. The normalized spacial score (nSPS) is 10.6. The van der Waals surface area contributed by atoms with E-state index in [9.17, 15) is 10.1 Å². The van der Waals surface area contributed by atoms with Gasteiger partial charge in [0.2, 0.25) is 0 Å². The Morgan fingerprint density at radius 2 is 2.10 bits per heavy atom. The zero-order valence-electron chi connectivity index (χ0n) is 11.7. The molecule has 0 atom stereocenters. The molecule has 0 fully saturated rings. The third-order valence-corrected chi connectivity index (χ3v) is 3.40. The number of rotatable bonds is 7. The molecule has 0 unspecified atom stereocenters. The first-order valence-electron chi connectivity index (χ1n) is 6.81. The Hall–Kier alpha value is -2.08. The van der Waals surface area contributed by atoms with Gasteiger partial charge in [0, 0.05) is 24.2 Å². The van der Waals surface area contributed by atoms with Crippen LogP contribution in [-0.4, -0.2) is 14.9 Å². The number of non-ortho nitro benzene ring substituents is 1. The van der Waals surface area contributed by atoms with Crippen molar-refractivity contribution in [2.75, 3.05) is 5.32 Å². The van der Waals surface area contributed by atoms with Crippen LogP contribution in [0.15, 0.2) is 24.3 Å². The number of aromatic nitrogens is 2. The van der Waals surface area contributed by atoms with E-state index in [1.165, 1.54) is 12.1 Å². The molecular weight excluding hydrogens is 292 g/mol. The zero-order valence-corrected chi connectivity index (χ0v) is 12.5. The molecule has 2 N–H and O–H groups in total. The molecule has 6 nitrogen and oxygen atoms in total. The largest absolute Gasteiger partial charge is 0.379 e. The van der Waals surface area contributed by atoms with E-state index >= 15 is 0 Å². The summed E-state index contributed by atoms with van der Waals surface area (Å²) in [7, 11) is 0. The van der Waals surface area contributed by atoms with Crippen LogP contribution in [0, 0.1) is 10.1 Å². The Labute approximate surface area is 127 Å². The van der Waals surface area contributed by atoms with Crippen molar-refractivity contribution in [2.24, 2.45) is 0 Å². The number of unbranched alkanes of at least 4 members (excludes halogenated alkanes) is 1. The predicted octanol–water partition coefficient (Wildman–Crippen LogP) is 3.93. The molecule has 0 saturated heterocycles. The van der Waals surface area contributed by atoms with Crippen LogP contribution in [0.5, 0.6) is 0 Å². The Kier molecular flexibility index (Phi) is 5.16. The number of imidazole rings is 1. The van der Waals surface area contributed by atoms with Gasteiger partial charge in [-0.1, -0.05) is 24.9 Å². The van der Waals surface area contributed by atoms with Gasteiger partial charge in [0.05, 0.1) is 17.2 Å². The van der Waals surface area contributed by atoms with Gasteiger partial charge in [0.25, 0.3) is 5.69 Å². The molecule has 0 aliphatic heterocycles. The number of halogens is 1. The smallest absolute Gasteiger partial charge is 0.269 e. The number of nitrogens with zero attached hydrogens (tertiary/aromatic N) is 2. The lowest BCUT2D eigenvalue weighted by Gasteiger charge is -2.04. The van der Waals surface area contributed by atoms with Crippen LogP contribution in [0.3, 0.4) is 0 Å². The molecule has 0 amide bonds. The average Bonchev–Trinajstić information content (AvgIpc) is 2.83. The monoisotopic (exact) mass is 308 g/mol. The van der Waals surface area contributed by atoms with Gasteiger partial charge < -0.3 is 10.3 Å². The molecule has 21 heavy (non-hydrogen) atoms. The standard InChI is InChI=1S/C14H17ClN4O2/c1-2-3-4-13-17-12(14(15)18-13)9-16-10-5-7-11(8-6-10)19(20)21/h5-8,16H,2-4,9H2,1H3,(H,17,18). The maximum atomic E-state index is 10.6.